The highest BCUT2D eigenvalue weighted by Gasteiger charge is 2.24. The van der Waals surface area contributed by atoms with Gasteiger partial charge in [-0.2, -0.15) is 0 Å². The lowest BCUT2D eigenvalue weighted by Crippen LogP contribution is -2.27. The molecule has 0 aliphatic carbocycles. The summed E-state index contributed by atoms with van der Waals surface area (Å²) in [6.07, 6.45) is 2.25. The fourth-order valence-electron chi connectivity index (χ4n) is 0.869. The largest absolute Gasteiger partial charge is 0.354 e. The Morgan fingerprint density at radius 2 is 1.91 bits per heavy atom. The Morgan fingerprint density at radius 1 is 1.36 bits per heavy atom. The summed E-state index contributed by atoms with van der Waals surface area (Å²) in [6, 6.07) is 1.00. The molecule has 0 heterocycles. The molecule has 0 aliphatic heterocycles. The highest BCUT2D eigenvalue weighted by Crippen LogP contribution is 2.32. The van der Waals surface area contributed by atoms with E-state index < -0.39 is 16.9 Å². The molecule has 11 heavy (non-hydrogen) atoms. The first kappa shape index (κ1) is 11.5. The van der Waals surface area contributed by atoms with Gasteiger partial charge < -0.3 is 14.0 Å². The van der Waals surface area contributed by atoms with E-state index in [-0.39, 0.29) is 0 Å². The fourth-order valence-corrected chi connectivity index (χ4v) is 4.21. The van der Waals surface area contributed by atoms with Gasteiger partial charge in [-0.05, 0) is 19.1 Å². The van der Waals surface area contributed by atoms with Crippen molar-refractivity contribution in [3.8, 4) is 0 Å². The van der Waals surface area contributed by atoms with Gasteiger partial charge in [-0.1, -0.05) is 19.8 Å². The van der Waals surface area contributed by atoms with Gasteiger partial charge in [0.15, 0.2) is 8.32 Å². The van der Waals surface area contributed by atoms with Gasteiger partial charge in [0.1, 0.15) is 0 Å². The first-order valence-corrected chi connectivity index (χ1v) is 8.13. The third-order valence-electron chi connectivity index (χ3n) is 1.46. The SMILES string of the molecule is CCCC[Si](C)(C)OP(O)O. The van der Waals surface area contributed by atoms with Crippen LogP contribution < -0.4 is 0 Å². The molecule has 2 N–H and O–H groups in total. The quantitative estimate of drug-likeness (QED) is 0.523. The molecule has 68 valence electrons. The third kappa shape index (κ3) is 6.91. The second kappa shape index (κ2) is 5.22. The second-order valence-corrected chi connectivity index (χ2v) is 8.46. The van der Waals surface area contributed by atoms with Gasteiger partial charge in [-0.3, -0.25) is 0 Å². The van der Waals surface area contributed by atoms with E-state index >= 15 is 0 Å². The van der Waals surface area contributed by atoms with Crippen LogP contribution in [0, 0.1) is 0 Å². The maximum atomic E-state index is 8.62. The van der Waals surface area contributed by atoms with E-state index in [1.54, 1.807) is 0 Å². The molecule has 0 aromatic heterocycles. The van der Waals surface area contributed by atoms with E-state index in [4.69, 9.17) is 14.0 Å². The molecule has 5 heteroatoms. The first-order valence-electron chi connectivity index (χ1n) is 3.85. The summed E-state index contributed by atoms with van der Waals surface area (Å²) in [5, 5.41) is 0. The monoisotopic (exact) mass is 196 g/mol. The van der Waals surface area contributed by atoms with Crippen LogP contribution in [0.3, 0.4) is 0 Å². The van der Waals surface area contributed by atoms with Crippen LogP contribution in [-0.4, -0.2) is 18.1 Å². The number of hydrogen-bond donors (Lipinski definition) is 2. The zero-order chi connectivity index (χ0) is 8.91. The molecule has 0 unspecified atom stereocenters. The molecule has 0 fully saturated rings. The zero-order valence-corrected chi connectivity index (χ0v) is 9.27. The molecular weight excluding hydrogens is 179 g/mol. The molecule has 3 nitrogen and oxygen atoms in total. The van der Waals surface area contributed by atoms with Crippen LogP contribution in [0.25, 0.3) is 0 Å². The van der Waals surface area contributed by atoms with E-state index in [9.17, 15) is 0 Å². The van der Waals surface area contributed by atoms with E-state index in [2.05, 4.69) is 6.92 Å². The standard InChI is InChI=1S/C6H17O3PSi/c1-4-5-6-11(2,3)9-10(7)8/h7-8H,4-6H2,1-3H3. The summed E-state index contributed by atoms with van der Waals surface area (Å²) in [4.78, 5) is 17.2. The molecule has 0 rings (SSSR count). The average molecular weight is 196 g/mol. The van der Waals surface area contributed by atoms with Crippen molar-refractivity contribution in [2.24, 2.45) is 0 Å². The van der Waals surface area contributed by atoms with Crippen molar-refractivity contribution in [2.45, 2.75) is 38.9 Å². The molecule has 0 aromatic rings. The Balaban J connectivity index is 3.61. The molecule has 0 atom stereocenters. The Morgan fingerprint density at radius 3 is 2.27 bits per heavy atom. The van der Waals surface area contributed by atoms with Crippen LogP contribution in [0.4, 0.5) is 0 Å². The second-order valence-electron chi connectivity index (χ2n) is 3.21. The van der Waals surface area contributed by atoms with Gasteiger partial charge >= 0.3 is 8.60 Å². The van der Waals surface area contributed by atoms with Gasteiger partial charge in [-0.25, -0.2) is 0 Å². The molecular formula is C6H17O3PSi. The maximum Gasteiger partial charge on any atom is 0.316 e. The lowest BCUT2D eigenvalue weighted by molar-refractivity contribution is 0.370. The van der Waals surface area contributed by atoms with Crippen molar-refractivity contribution in [1.82, 2.24) is 0 Å². The van der Waals surface area contributed by atoms with Crippen LogP contribution >= 0.6 is 8.60 Å². The van der Waals surface area contributed by atoms with Gasteiger partial charge in [-0.15, -0.1) is 0 Å². The molecule has 0 saturated heterocycles. The normalized spacial score (nSPS) is 12.5. The predicted molar refractivity (Wildman–Crippen MR) is 49.6 cm³/mol. The summed E-state index contributed by atoms with van der Waals surface area (Å²) in [5.41, 5.74) is 0. The highest BCUT2D eigenvalue weighted by molar-refractivity contribution is 7.41. The van der Waals surface area contributed by atoms with Gasteiger partial charge in [0, 0.05) is 0 Å². The molecule has 0 bridgehead atoms. The Kier molecular flexibility index (Phi) is 5.47. The predicted octanol–water partition coefficient (Wildman–Crippen LogP) is 2.22. The minimum atomic E-state index is -2.14. The Hall–Kier alpha value is 0.527. The lowest BCUT2D eigenvalue weighted by Gasteiger charge is -2.21. The first-order chi connectivity index (χ1) is 4.98. The minimum absolute atomic E-state index is 1.00. The molecule has 0 spiro atoms. The summed E-state index contributed by atoms with van der Waals surface area (Å²) >= 11 is 0. The van der Waals surface area contributed by atoms with Crippen LogP contribution in [0.2, 0.25) is 19.1 Å². The van der Waals surface area contributed by atoms with Crippen LogP contribution in [0.1, 0.15) is 19.8 Å². The number of rotatable bonds is 5. The van der Waals surface area contributed by atoms with Gasteiger partial charge in [0.2, 0.25) is 0 Å². The van der Waals surface area contributed by atoms with Crippen molar-refractivity contribution < 1.29 is 14.0 Å². The molecule has 0 saturated carbocycles. The Labute approximate surface area is 70.5 Å². The molecule has 0 aromatic carbocycles. The highest BCUT2D eigenvalue weighted by atomic mass is 31.2. The van der Waals surface area contributed by atoms with E-state index in [1.807, 2.05) is 13.1 Å². The smallest absolute Gasteiger partial charge is 0.316 e. The van der Waals surface area contributed by atoms with Crippen molar-refractivity contribution in [3.05, 3.63) is 0 Å². The van der Waals surface area contributed by atoms with Gasteiger partial charge in [0.25, 0.3) is 0 Å². The van der Waals surface area contributed by atoms with Crippen molar-refractivity contribution >= 4 is 16.9 Å². The van der Waals surface area contributed by atoms with Gasteiger partial charge in [0.05, 0.1) is 0 Å². The summed E-state index contributed by atoms with van der Waals surface area (Å²) < 4.78 is 5.05. The summed E-state index contributed by atoms with van der Waals surface area (Å²) in [7, 11) is -3.90. The zero-order valence-electron chi connectivity index (χ0n) is 7.37. The number of unbranched alkanes of at least 4 members (excludes halogenated alkanes) is 1. The molecule has 0 amide bonds. The van der Waals surface area contributed by atoms with Crippen LogP contribution in [-0.2, 0) is 4.21 Å². The van der Waals surface area contributed by atoms with Crippen molar-refractivity contribution in [1.29, 1.82) is 0 Å². The fraction of sp³-hybridized carbons (Fsp3) is 1.00. The summed E-state index contributed by atoms with van der Waals surface area (Å²) in [5.74, 6) is 0. The van der Waals surface area contributed by atoms with E-state index in [1.165, 1.54) is 0 Å². The van der Waals surface area contributed by atoms with E-state index in [0.717, 1.165) is 18.9 Å². The topological polar surface area (TPSA) is 49.7 Å². The third-order valence-corrected chi connectivity index (χ3v) is 5.65. The average Bonchev–Trinajstić information content (AvgIpc) is 1.81. The van der Waals surface area contributed by atoms with Crippen LogP contribution in [0.15, 0.2) is 0 Å². The molecule has 0 aliphatic rings. The molecule has 0 radical (unpaired) electrons. The lowest BCUT2D eigenvalue weighted by atomic mass is 10.4. The van der Waals surface area contributed by atoms with Crippen LogP contribution in [0.5, 0.6) is 0 Å². The van der Waals surface area contributed by atoms with Crippen molar-refractivity contribution in [3.63, 3.8) is 0 Å². The van der Waals surface area contributed by atoms with E-state index in [0.29, 0.717) is 0 Å². The minimum Gasteiger partial charge on any atom is -0.354 e. The Bertz CT molecular complexity index is 108. The summed E-state index contributed by atoms with van der Waals surface area (Å²) in [6.45, 7) is 6.13. The van der Waals surface area contributed by atoms with Crippen molar-refractivity contribution in [2.75, 3.05) is 0 Å². The maximum absolute atomic E-state index is 8.62. The number of hydrogen-bond acceptors (Lipinski definition) is 3.